The minimum atomic E-state index is -3.61. The molecule has 0 aliphatic rings. The Morgan fingerprint density at radius 3 is 1.40 bits per heavy atom. The molecule has 0 fully saturated rings. The van der Waals surface area contributed by atoms with E-state index in [1.165, 1.54) is 0 Å². The molecule has 0 aromatic carbocycles. The predicted octanol–water partition coefficient (Wildman–Crippen LogP) is -2.53. The van der Waals surface area contributed by atoms with Crippen molar-refractivity contribution in [3.05, 3.63) is 0 Å². The van der Waals surface area contributed by atoms with Gasteiger partial charge in [-0.1, -0.05) is 0 Å². The van der Waals surface area contributed by atoms with Gasteiger partial charge in [-0.25, -0.2) is 0 Å². The van der Waals surface area contributed by atoms with E-state index in [1.807, 2.05) is 0 Å². The summed E-state index contributed by atoms with van der Waals surface area (Å²) in [5.74, 6) is 0. The van der Waals surface area contributed by atoms with E-state index in [4.69, 9.17) is 10.0 Å². The zero-order valence-electron chi connectivity index (χ0n) is 1.71. The first kappa shape index (κ1) is 9.91. The second kappa shape index (κ2) is 5.77. The summed E-state index contributed by atoms with van der Waals surface area (Å²) in [7, 11) is 0. The Labute approximate surface area is 67.1 Å². The van der Waals surface area contributed by atoms with Crippen molar-refractivity contribution in [2.75, 3.05) is 0 Å². The van der Waals surface area contributed by atoms with Crippen LogP contribution >= 0.6 is 0 Å². The molecule has 5 heteroatoms. The fraction of sp³-hybridized carbons (Fsp3) is 0. The summed E-state index contributed by atoms with van der Waals surface area (Å²) in [6, 6.07) is 0. The van der Waals surface area contributed by atoms with Crippen molar-refractivity contribution in [1.29, 1.82) is 0 Å². The van der Waals surface area contributed by atoms with Crippen LogP contribution in [0.1, 0.15) is 0 Å². The van der Waals surface area contributed by atoms with Gasteiger partial charge in [0.25, 0.3) is 0 Å². The predicted molar refractivity (Wildman–Crippen MR) is 19.4 cm³/mol. The standard InChI is InChI=1S/Ca.H2O3Te.2H/c;1-4(2)3;;/h;(H2,1,2,3);;. The summed E-state index contributed by atoms with van der Waals surface area (Å²) < 4.78 is 23.3. The monoisotopic (exact) mass is 222 g/mol. The third-order valence-corrected chi connectivity index (χ3v) is 0. The van der Waals surface area contributed by atoms with Crippen LogP contribution in [-0.4, -0.2) is 65.0 Å². The molecule has 0 atom stereocenters. The van der Waals surface area contributed by atoms with Crippen LogP contribution in [0.2, 0.25) is 0 Å². The van der Waals surface area contributed by atoms with Crippen LogP contribution in [0.4, 0.5) is 0 Å². The molecule has 0 saturated heterocycles. The van der Waals surface area contributed by atoms with Crippen LogP contribution in [0.25, 0.3) is 0 Å². The van der Waals surface area contributed by atoms with E-state index in [2.05, 4.69) is 0 Å². The second-order valence-corrected chi connectivity index (χ2v) is 1.55. The van der Waals surface area contributed by atoms with E-state index in [9.17, 15) is 0 Å². The average molecular weight is 220 g/mol. The Kier molecular flexibility index (Phi) is 11.4. The van der Waals surface area contributed by atoms with E-state index < -0.39 is 20.4 Å². The summed E-state index contributed by atoms with van der Waals surface area (Å²) in [6.07, 6.45) is 0. The van der Waals surface area contributed by atoms with Gasteiger partial charge >= 0.3 is 68.1 Å². The molecule has 0 heterocycles. The second-order valence-electron chi connectivity index (χ2n) is 0.231. The summed E-state index contributed by atoms with van der Waals surface area (Å²) in [6.45, 7) is 0. The van der Waals surface area contributed by atoms with Crippen molar-refractivity contribution in [3.8, 4) is 0 Å². The topological polar surface area (TPSA) is 57.5 Å². The van der Waals surface area contributed by atoms with Gasteiger partial charge in [-0.15, -0.1) is 0 Å². The Balaban J connectivity index is 0. The molecule has 0 radical (unpaired) electrons. The van der Waals surface area contributed by atoms with Gasteiger partial charge in [0.15, 0.2) is 0 Å². The number of hydrogen-bond donors (Lipinski definition) is 2. The van der Waals surface area contributed by atoms with Crippen molar-refractivity contribution in [2.45, 2.75) is 0 Å². The van der Waals surface area contributed by atoms with E-state index >= 15 is 0 Å². The minimum absolute atomic E-state index is 0. The maximum atomic E-state index is 8.81. The quantitative estimate of drug-likeness (QED) is 0.442. The van der Waals surface area contributed by atoms with Gasteiger partial charge in [-0.3, -0.25) is 0 Å². The molecule has 5 heavy (non-hydrogen) atoms. The molecule has 0 aromatic heterocycles. The third-order valence-electron chi connectivity index (χ3n) is 0. The van der Waals surface area contributed by atoms with Crippen molar-refractivity contribution >= 4 is 58.1 Å². The van der Waals surface area contributed by atoms with Gasteiger partial charge in [0.2, 0.25) is 0 Å². The van der Waals surface area contributed by atoms with Crippen LogP contribution in [0, 0.1) is 0 Å². The van der Waals surface area contributed by atoms with Gasteiger partial charge in [-0.05, 0) is 0 Å². The molecule has 0 spiro atoms. The number of hydrogen-bond acceptors (Lipinski definition) is 1. The van der Waals surface area contributed by atoms with Crippen LogP contribution in [-0.2, 0) is 3.10 Å². The molecule has 0 amide bonds. The summed E-state index contributed by atoms with van der Waals surface area (Å²) in [4.78, 5) is 0. The molecule has 0 aliphatic carbocycles. The summed E-state index contributed by atoms with van der Waals surface area (Å²) in [5.41, 5.74) is 0. The zero-order valence-corrected chi connectivity index (χ0v) is 4.04. The van der Waals surface area contributed by atoms with Crippen LogP contribution in [0.15, 0.2) is 0 Å². The number of rotatable bonds is 0. The molecule has 2 N–H and O–H groups in total. The molecule has 3 nitrogen and oxygen atoms in total. The Hall–Kier alpha value is 1.77. The molecule has 0 aromatic rings. The van der Waals surface area contributed by atoms with Gasteiger partial charge in [0, 0.05) is 0 Å². The molecular weight excluding hydrogens is 216 g/mol. The first-order chi connectivity index (χ1) is 1.73. The molecule has 30 valence electrons. The molecule has 0 rings (SSSR count). The van der Waals surface area contributed by atoms with E-state index in [1.54, 1.807) is 0 Å². The summed E-state index contributed by atoms with van der Waals surface area (Å²) in [5, 5.41) is 0. The fourth-order valence-electron chi connectivity index (χ4n) is 0. The van der Waals surface area contributed by atoms with Crippen molar-refractivity contribution in [2.24, 2.45) is 0 Å². The third kappa shape index (κ3) is 26.2. The Morgan fingerprint density at radius 1 is 1.40 bits per heavy atom. The zero-order chi connectivity index (χ0) is 3.58. The van der Waals surface area contributed by atoms with Crippen LogP contribution in [0.3, 0.4) is 0 Å². The van der Waals surface area contributed by atoms with E-state index in [0.29, 0.717) is 0 Å². The van der Waals surface area contributed by atoms with Gasteiger partial charge in [0.1, 0.15) is 0 Å². The normalized spacial score (nSPS) is 7.00. The molecule has 0 aliphatic heterocycles. The van der Waals surface area contributed by atoms with Crippen LogP contribution < -0.4 is 0 Å². The van der Waals surface area contributed by atoms with Crippen molar-refractivity contribution in [3.63, 3.8) is 0 Å². The van der Waals surface area contributed by atoms with E-state index in [0.717, 1.165) is 0 Å². The molecule has 0 bridgehead atoms. The Bertz CT molecular complexity index is 29.9. The van der Waals surface area contributed by atoms with Crippen LogP contribution in [0.5, 0.6) is 0 Å². The maximum absolute atomic E-state index is 8.81. The van der Waals surface area contributed by atoms with Gasteiger partial charge in [0.05, 0.1) is 0 Å². The fourth-order valence-corrected chi connectivity index (χ4v) is 0. The van der Waals surface area contributed by atoms with Gasteiger partial charge < -0.3 is 0 Å². The average Bonchev–Trinajstić information content (AvgIpc) is 0.811. The first-order valence-electron chi connectivity index (χ1n) is 0.532. The molecule has 0 saturated carbocycles. The van der Waals surface area contributed by atoms with Crippen molar-refractivity contribution in [1.82, 2.24) is 0 Å². The SMILES string of the molecule is O=[Te](O)O.[CaH2]. The first-order valence-corrected chi connectivity index (χ1v) is 3.57. The van der Waals surface area contributed by atoms with E-state index in [-0.39, 0.29) is 37.7 Å². The van der Waals surface area contributed by atoms with Gasteiger partial charge in [-0.2, -0.15) is 0 Å². The van der Waals surface area contributed by atoms with Crippen molar-refractivity contribution < 1.29 is 10.0 Å². The summed E-state index contributed by atoms with van der Waals surface area (Å²) >= 11 is -3.61. The Morgan fingerprint density at radius 2 is 1.40 bits per heavy atom. The molecule has 0 unspecified atom stereocenters. The molecular formula is H4CaO3Te.